The van der Waals surface area contributed by atoms with E-state index in [9.17, 15) is 61.0 Å². The number of aliphatic hydroxyl groups excluding tert-OH is 11. The molecular formula is C66H123NO18. The van der Waals surface area contributed by atoms with Crippen LogP contribution in [0.3, 0.4) is 0 Å². The van der Waals surface area contributed by atoms with Crippen molar-refractivity contribution in [3.8, 4) is 0 Å². The monoisotopic (exact) mass is 1220 g/mol. The van der Waals surface area contributed by atoms with Gasteiger partial charge < -0.3 is 89.9 Å². The first-order valence-corrected chi connectivity index (χ1v) is 34.1. The SMILES string of the molecule is CCC/C=C\CCCCCCCC(=O)NC(COC1OC(CO)C(OC2OC(CO)C(OC3OC(CO)C(O)C(O)C3O)C(O)C2O)C(O)C1O)C(O)/C=C/CCCCCCCCCCCCCCCCCCCCCCCCCCCCCC. The Kier molecular flexibility index (Phi) is 44.7. The van der Waals surface area contributed by atoms with Gasteiger partial charge in [0.25, 0.3) is 0 Å². The average Bonchev–Trinajstić information content (AvgIpc) is 2.40. The molecule has 500 valence electrons. The summed E-state index contributed by atoms with van der Waals surface area (Å²) in [6.07, 6.45) is 27.7. The molecule has 0 aromatic carbocycles. The quantitative estimate of drug-likeness (QED) is 0.0201. The Morgan fingerprint density at radius 3 is 1.19 bits per heavy atom. The topological polar surface area (TPSA) is 307 Å². The highest BCUT2D eigenvalue weighted by Gasteiger charge is 2.53. The van der Waals surface area contributed by atoms with Crippen LogP contribution in [0.5, 0.6) is 0 Å². The highest BCUT2D eigenvalue weighted by atomic mass is 16.8. The molecule has 85 heavy (non-hydrogen) atoms. The van der Waals surface area contributed by atoms with Crippen LogP contribution in [0.1, 0.15) is 258 Å². The number of unbranched alkanes of at least 4 members (excludes halogenated alkanes) is 34. The second kappa shape index (κ2) is 49.0. The number of carbonyl (C=O) groups is 1. The molecule has 12 N–H and O–H groups in total. The lowest BCUT2D eigenvalue weighted by molar-refractivity contribution is -0.379. The van der Waals surface area contributed by atoms with Gasteiger partial charge in [-0.2, -0.15) is 0 Å². The van der Waals surface area contributed by atoms with E-state index in [0.717, 1.165) is 70.6 Å². The lowest BCUT2D eigenvalue weighted by Crippen LogP contribution is -2.66. The predicted octanol–water partition coefficient (Wildman–Crippen LogP) is 8.27. The molecule has 3 rings (SSSR count). The number of aliphatic hydroxyl groups is 11. The fourth-order valence-electron chi connectivity index (χ4n) is 11.7. The normalized spacial score (nSPS) is 29.1. The molecule has 0 radical (unpaired) electrons. The molecule has 0 spiro atoms. The molecule has 19 nitrogen and oxygen atoms in total. The van der Waals surface area contributed by atoms with Crippen LogP contribution in [0.4, 0.5) is 0 Å². The van der Waals surface area contributed by atoms with Gasteiger partial charge in [0.1, 0.15) is 73.2 Å². The Hall–Kier alpha value is -1.73. The van der Waals surface area contributed by atoms with Crippen LogP contribution < -0.4 is 5.32 Å². The zero-order valence-electron chi connectivity index (χ0n) is 52.6. The van der Waals surface area contributed by atoms with Crippen molar-refractivity contribution in [3.05, 3.63) is 24.3 Å². The summed E-state index contributed by atoms with van der Waals surface area (Å²) in [5.74, 6) is -0.286. The number of hydrogen-bond acceptors (Lipinski definition) is 18. The molecule has 3 heterocycles. The number of hydrogen-bond donors (Lipinski definition) is 12. The largest absolute Gasteiger partial charge is 0.394 e. The van der Waals surface area contributed by atoms with Gasteiger partial charge in [-0.1, -0.05) is 237 Å². The van der Waals surface area contributed by atoms with E-state index in [0.29, 0.717) is 6.42 Å². The summed E-state index contributed by atoms with van der Waals surface area (Å²) in [6.45, 7) is 1.67. The molecule has 17 unspecified atom stereocenters. The highest BCUT2D eigenvalue weighted by molar-refractivity contribution is 5.76. The van der Waals surface area contributed by atoms with E-state index >= 15 is 0 Å². The molecule has 3 fully saturated rings. The summed E-state index contributed by atoms with van der Waals surface area (Å²) >= 11 is 0. The van der Waals surface area contributed by atoms with Crippen molar-refractivity contribution in [2.45, 2.75) is 362 Å². The van der Waals surface area contributed by atoms with Crippen LogP contribution >= 0.6 is 0 Å². The van der Waals surface area contributed by atoms with Crippen molar-refractivity contribution in [1.29, 1.82) is 0 Å². The van der Waals surface area contributed by atoms with E-state index in [1.165, 1.54) is 161 Å². The maximum absolute atomic E-state index is 13.3. The third kappa shape index (κ3) is 31.7. The lowest BCUT2D eigenvalue weighted by Gasteiger charge is -2.48. The summed E-state index contributed by atoms with van der Waals surface area (Å²) in [4.78, 5) is 13.3. The number of ether oxygens (including phenoxy) is 6. The number of allylic oxidation sites excluding steroid dienone is 3. The van der Waals surface area contributed by atoms with E-state index in [4.69, 9.17) is 28.4 Å². The zero-order chi connectivity index (χ0) is 61.9. The van der Waals surface area contributed by atoms with Gasteiger partial charge in [-0.3, -0.25) is 4.79 Å². The van der Waals surface area contributed by atoms with Gasteiger partial charge in [-0.15, -0.1) is 0 Å². The van der Waals surface area contributed by atoms with Crippen molar-refractivity contribution >= 4 is 5.91 Å². The minimum absolute atomic E-state index is 0.234. The van der Waals surface area contributed by atoms with Crippen LogP contribution in [0.25, 0.3) is 0 Å². The average molecular weight is 1220 g/mol. The predicted molar refractivity (Wildman–Crippen MR) is 328 cm³/mol. The van der Waals surface area contributed by atoms with Crippen molar-refractivity contribution in [3.63, 3.8) is 0 Å². The van der Waals surface area contributed by atoms with Gasteiger partial charge in [0, 0.05) is 6.42 Å². The molecule has 1 amide bonds. The second-order valence-corrected chi connectivity index (χ2v) is 24.6. The van der Waals surface area contributed by atoms with E-state index < -0.39 is 124 Å². The smallest absolute Gasteiger partial charge is 0.220 e. The molecule has 17 atom stereocenters. The molecule has 3 saturated heterocycles. The van der Waals surface area contributed by atoms with Crippen molar-refractivity contribution in [2.24, 2.45) is 0 Å². The Labute approximate surface area is 511 Å². The molecule has 0 bridgehead atoms. The van der Waals surface area contributed by atoms with Gasteiger partial charge in [0.05, 0.1) is 38.6 Å². The minimum Gasteiger partial charge on any atom is -0.394 e. The molecular weight excluding hydrogens is 1090 g/mol. The number of nitrogens with one attached hydrogen (secondary N) is 1. The lowest BCUT2D eigenvalue weighted by atomic mass is 9.96. The first-order chi connectivity index (χ1) is 41.3. The standard InChI is InChI=1S/C66H123NO18/c1-3-5-7-9-11-13-15-16-17-18-19-20-21-22-23-24-25-26-27-28-29-30-31-32-33-34-35-37-39-41-43-50(71)49(67-54(72)44-42-40-38-36-14-12-10-8-6-4-2)48-80-64-60(78)57(75)62(52(46-69)82-64)85-66-61(79)58(76)63(53(47-70)83-66)84-65-59(77)56(74)55(73)51(45-68)81-65/h8,10,41,43,49-53,55-66,68-71,73-79H,3-7,9,11-40,42,44-48H2,1-2H3,(H,67,72)/b10-8-,43-41+. The third-order valence-corrected chi connectivity index (χ3v) is 17.2. The number of carbonyl (C=O) groups excluding carboxylic acids is 1. The van der Waals surface area contributed by atoms with Gasteiger partial charge in [0.15, 0.2) is 18.9 Å². The van der Waals surface area contributed by atoms with Crippen molar-refractivity contribution in [2.75, 3.05) is 26.4 Å². The van der Waals surface area contributed by atoms with E-state index in [-0.39, 0.29) is 18.9 Å². The van der Waals surface area contributed by atoms with Gasteiger partial charge in [0.2, 0.25) is 5.91 Å². The second-order valence-electron chi connectivity index (χ2n) is 24.6. The fourth-order valence-corrected chi connectivity index (χ4v) is 11.7. The Morgan fingerprint density at radius 2 is 0.765 bits per heavy atom. The molecule has 3 aliphatic rings. The number of amides is 1. The Balaban J connectivity index is 1.38. The van der Waals surface area contributed by atoms with Crippen LogP contribution in [0, 0.1) is 0 Å². The Bertz CT molecular complexity index is 1640. The summed E-state index contributed by atoms with van der Waals surface area (Å²) in [6, 6.07) is -0.974. The molecule has 19 heteroatoms. The first-order valence-electron chi connectivity index (χ1n) is 34.1. The summed E-state index contributed by atoms with van der Waals surface area (Å²) in [7, 11) is 0. The molecule has 0 aromatic rings. The van der Waals surface area contributed by atoms with Crippen LogP contribution in [-0.4, -0.2) is 193 Å². The molecule has 0 saturated carbocycles. The summed E-state index contributed by atoms with van der Waals surface area (Å²) in [5, 5.41) is 120. The number of rotatable bonds is 52. The highest BCUT2D eigenvalue weighted by Crippen LogP contribution is 2.33. The van der Waals surface area contributed by atoms with Gasteiger partial charge >= 0.3 is 0 Å². The van der Waals surface area contributed by atoms with Crippen molar-refractivity contribution < 1.29 is 89.4 Å². The van der Waals surface area contributed by atoms with Gasteiger partial charge in [-0.25, -0.2) is 0 Å². The van der Waals surface area contributed by atoms with Crippen molar-refractivity contribution in [1.82, 2.24) is 5.32 Å². The third-order valence-electron chi connectivity index (χ3n) is 17.2. The maximum Gasteiger partial charge on any atom is 0.220 e. The molecule has 0 aromatic heterocycles. The molecule has 0 aliphatic carbocycles. The molecule has 3 aliphatic heterocycles. The summed E-state index contributed by atoms with van der Waals surface area (Å²) < 4.78 is 34.3. The summed E-state index contributed by atoms with van der Waals surface area (Å²) in [5.41, 5.74) is 0. The van der Waals surface area contributed by atoms with E-state index in [1.54, 1.807) is 6.08 Å². The van der Waals surface area contributed by atoms with Crippen LogP contribution in [-0.2, 0) is 33.2 Å². The van der Waals surface area contributed by atoms with Crippen LogP contribution in [0.15, 0.2) is 24.3 Å². The minimum atomic E-state index is -1.98. The first kappa shape index (κ1) is 77.5. The van der Waals surface area contributed by atoms with E-state index in [1.807, 2.05) is 6.08 Å². The fraction of sp³-hybridized carbons (Fsp3) is 0.924. The van der Waals surface area contributed by atoms with Crippen LogP contribution in [0.2, 0.25) is 0 Å². The Morgan fingerprint density at radius 1 is 0.412 bits per heavy atom. The van der Waals surface area contributed by atoms with Gasteiger partial charge in [-0.05, 0) is 38.5 Å². The van der Waals surface area contributed by atoms with E-state index in [2.05, 4.69) is 31.3 Å². The zero-order valence-corrected chi connectivity index (χ0v) is 52.6. The maximum atomic E-state index is 13.3.